The van der Waals surface area contributed by atoms with Crippen LogP contribution in [0.4, 0.5) is 5.82 Å². The molecule has 0 amide bonds. The van der Waals surface area contributed by atoms with Crippen LogP contribution in [0.2, 0.25) is 0 Å². The highest BCUT2D eigenvalue weighted by atomic mass is 79.9. The number of nitrogens with zero attached hydrogens (tertiary/aromatic N) is 3. The van der Waals surface area contributed by atoms with Crippen molar-refractivity contribution in [3.63, 3.8) is 0 Å². The lowest BCUT2D eigenvalue weighted by atomic mass is 10.1. The largest absolute Gasteiger partial charge is 0.273 e. The number of anilines is 1. The first-order valence-corrected chi connectivity index (χ1v) is 6.24. The maximum atomic E-state index is 4.17. The molecule has 0 unspecified atom stereocenters. The number of hydrogen-bond donors (Lipinski definition) is 1. The van der Waals surface area contributed by atoms with Crippen molar-refractivity contribution in [1.29, 1.82) is 0 Å². The third-order valence-corrected chi connectivity index (χ3v) is 2.92. The Morgan fingerprint density at radius 1 is 1.41 bits per heavy atom. The summed E-state index contributed by atoms with van der Waals surface area (Å²) in [6.07, 6.45) is 5.23. The van der Waals surface area contributed by atoms with Crippen LogP contribution in [0.1, 0.15) is 20.0 Å². The van der Waals surface area contributed by atoms with Gasteiger partial charge in [-0.25, -0.2) is 14.6 Å². The molecule has 2 rings (SSSR count). The molecule has 2 N–H and O–H groups in total. The van der Waals surface area contributed by atoms with Crippen molar-refractivity contribution < 1.29 is 4.98 Å². The fourth-order valence-corrected chi connectivity index (χ4v) is 1.80. The number of rotatable bonds is 4. The minimum absolute atomic E-state index is 0.0786. The molecule has 90 valence electrons. The molecule has 0 fully saturated rings. The lowest BCUT2D eigenvalue weighted by molar-refractivity contribution is -0.362. The van der Waals surface area contributed by atoms with Crippen molar-refractivity contribution in [2.24, 2.45) is 5.92 Å². The highest BCUT2D eigenvalue weighted by Gasteiger charge is 2.20. The van der Waals surface area contributed by atoms with Crippen molar-refractivity contribution in [3.05, 3.63) is 35.5 Å². The highest BCUT2D eigenvalue weighted by Crippen LogP contribution is 2.18. The molecule has 5 nitrogen and oxygen atoms in total. The molecule has 0 radical (unpaired) electrons. The van der Waals surface area contributed by atoms with Crippen LogP contribution in [0.3, 0.4) is 0 Å². The molecule has 2 aromatic heterocycles. The summed E-state index contributed by atoms with van der Waals surface area (Å²) >= 11 is 3.39. The van der Waals surface area contributed by atoms with Gasteiger partial charge in [-0.2, -0.15) is 5.10 Å². The van der Waals surface area contributed by atoms with Gasteiger partial charge in [-0.05, 0) is 22.0 Å². The van der Waals surface area contributed by atoms with Gasteiger partial charge in [0.1, 0.15) is 18.9 Å². The molecule has 0 aliphatic carbocycles. The Bertz CT molecular complexity index is 451. The Morgan fingerprint density at radius 2 is 2.24 bits per heavy atom. The van der Waals surface area contributed by atoms with E-state index in [2.05, 4.69) is 50.2 Å². The number of halogens is 1. The highest BCUT2D eigenvalue weighted by molar-refractivity contribution is 9.10. The van der Waals surface area contributed by atoms with E-state index in [1.54, 1.807) is 12.7 Å². The van der Waals surface area contributed by atoms with Gasteiger partial charge in [-0.1, -0.05) is 13.8 Å². The van der Waals surface area contributed by atoms with E-state index in [9.17, 15) is 0 Å². The first-order valence-electron chi connectivity index (χ1n) is 5.44. The molecule has 0 aromatic carbocycles. The van der Waals surface area contributed by atoms with Crippen molar-refractivity contribution in [2.75, 3.05) is 5.32 Å². The summed E-state index contributed by atoms with van der Waals surface area (Å²) < 4.78 is 2.84. The minimum atomic E-state index is 0.0786. The summed E-state index contributed by atoms with van der Waals surface area (Å²) in [5.74, 6) is 1.34. The normalized spacial score (nSPS) is 12.7. The van der Waals surface area contributed by atoms with E-state index in [0.717, 1.165) is 10.3 Å². The predicted molar refractivity (Wildman–Crippen MR) is 68.2 cm³/mol. The van der Waals surface area contributed by atoms with Gasteiger partial charge in [-0.3, -0.25) is 5.32 Å². The van der Waals surface area contributed by atoms with E-state index in [4.69, 9.17) is 0 Å². The summed E-state index contributed by atoms with van der Waals surface area (Å²) in [7, 11) is 0. The van der Waals surface area contributed by atoms with E-state index in [-0.39, 0.29) is 6.17 Å². The fraction of sp³-hybridized carbons (Fsp3) is 0.364. The van der Waals surface area contributed by atoms with Crippen LogP contribution in [-0.2, 0) is 0 Å². The fourth-order valence-electron chi connectivity index (χ4n) is 1.55. The average molecular weight is 297 g/mol. The third-order valence-electron chi connectivity index (χ3n) is 2.43. The SMILES string of the molecule is CC(C)[C@@H](Nc1ccc(Br)c[nH+]1)n1cncn1. The predicted octanol–water partition coefficient (Wildman–Crippen LogP) is 2.12. The molecule has 2 aromatic rings. The number of nitrogens with one attached hydrogen (secondary N) is 2. The smallest absolute Gasteiger partial charge is 0.251 e. The van der Waals surface area contributed by atoms with E-state index >= 15 is 0 Å². The van der Waals surface area contributed by atoms with Gasteiger partial charge in [0.05, 0.1) is 4.47 Å². The molecular weight excluding hydrogens is 282 g/mol. The van der Waals surface area contributed by atoms with Gasteiger partial charge < -0.3 is 0 Å². The minimum Gasteiger partial charge on any atom is -0.251 e. The molecule has 0 aliphatic rings. The van der Waals surface area contributed by atoms with Crippen LogP contribution in [0.15, 0.2) is 35.5 Å². The Balaban J connectivity index is 2.16. The Kier molecular flexibility index (Phi) is 3.73. The van der Waals surface area contributed by atoms with E-state index < -0.39 is 0 Å². The molecule has 0 aliphatic heterocycles. The Morgan fingerprint density at radius 3 is 2.76 bits per heavy atom. The van der Waals surface area contributed by atoms with E-state index in [1.807, 2.05) is 23.0 Å². The zero-order chi connectivity index (χ0) is 12.3. The lowest BCUT2D eigenvalue weighted by Crippen LogP contribution is -2.27. The summed E-state index contributed by atoms with van der Waals surface area (Å²) in [6.45, 7) is 4.27. The van der Waals surface area contributed by atoms with Gasteiger partial charge in [0.2, 0.25) is 0 Å². The number of aromatic amines is 1. The van der Waals surface area contributed by atoms with E-state index in [0.29, 0.717) is 5.92 Å². The van der Waals surface area contributed by atoms with Gasteiger partial charge in [0, 0.05) is 12.0 Å². The van der Waals surface area contributed by atoms with Gasteiger partial charge in [0.25, 0.3) is 5.82 Å². The number of aromatic nitrogens is 4. The standard InChI is InChI=1S/C11H14BrN5/c1-8(2)11(17-7-13-6-15-17)16-10-4-3-9(12)5-14-10/h3-8,11H,1-2H3,(H,14,16)/p+1/t11-/m0/s1. The molecule has 0 saturated carbocycles. The summed E-state index contributed by atoms with van der Waals surface area (Å²) in [5.41, 5.74) is 0. The summed E-state index contributed by atoms with van der Waals surface area (Å²) in [6, 6.07) is 3.97. The molecule has 6 heteroatoms. The van der Waals surface area contributed by atoms with E-state index in [1.165, 1.54) is 0 Å². The number of pyridine rings is 1. The second-order valence-electron chi connectivity index (χ2n) is 4.13. The first-order chi connectivity index (χ1) is 8.16. The zero-order valence-electron chi connectivity index (χ0n) is 9.76. The monoisotopic (exact) mass is 296 g/mol. The first kappa shape index (κ1) is 12.0. The summed E-state index contributed by atoms with van der Waals surface area (Å²) in [4.78, 5) is 7.14. The van der Waals surface area contributed by atoms with Crippen LogP contribution in [0.25, 0.3) is 0 Å². The molecule has 1 atom stereocenters. The number of hydrogen-bond acceptors (Lipinski definition) is 3. The molecule has 0 bridgehead atoms. The van der Waals surface area contributed by atoms with Crippen molar-refractivity contribution in [2.45, 2.75) is 20.0 Å². The van der Waals surface area contributed by atoms with Gasteiger partial charge in [-0.15, -0.1) is 0 Å². The quantitative estimate of drug-likeness (QED) is 0.940. The topological polar surface area (TPSA) is 56.9 Å². The van der Waals surface area contributed by atoms with Crippen molar-refractivity contribution in [3.8, 4) is 0 Å². The van der Waals surface area contributed by atoms with Gasteiger partial charge in [0.15, 0.2) is 6.17 Å². The maximum Gasteiger partial charge on any atom is 0.273 e. The van der Waals surface area contributed by atoms with Crippen LogP contribution >= 0.6 is 15.9 Å². The average Bonchev–Trinajstić information content (AvgIpc) is 2.81. The van der Waals surface area contributed by atoms with Crippen molar-refractivity contribution in [1.82, 2.24) is 14.8 Å². The second kappa shape index (κ2) is 5.27. The summed E-state index contributed by atoms with van der Waals surface area (Å²) in [5, 5.41) is 7.56. The van der Waals surface area contributed by atoms with Crippen LogP contribution < -0.4 is 10.3 Å². The van der Waals surface area contributed by atoms with Gasteiger partial charge >= 0.3 is 0 Å². The molecule has 0 saturated heterocycles. The second-order valence-corrected chi connectivity index (χ2v) is 5.04. The molecule has 17 heavy (non-hydrogen) atoms. The third kappa shape index (κ3) is 3.03. The Labute approximate surface area is 108 Å². The Hall–Kier alpha value is -1.43. The maximum absolute atomic E-state index is 4.17. The molecule has 2 heterocycles. The van der Waals surface area contributed by atoms with Crippen LogP contribution in [0.5, 0.6) is 0 Å². The molecular formula is C11H15BrN5+. The molecule has 0 spiro atoms. The van der Waals surface area contributed by atoms with Crippen molar-refractivity contribution >= 4 is 21.7 Å². The lowest BCUT2D eigenvalue weighted by Gasteiger charge is -2.17. The van der Waals surface area contributed by atoms with Crippen LogP contribution in [0, 0.1) is 5.92 Å². The zero-order valence-corrected chi connectivity index (χ0v) is 11.3. The van der Waals surface area contributed by atoms with Crippen LogP contribution in [-0.4, -0.2) is 14.8 Å². The number of H-pyrrole nitrogens is 1.